The van der Waals surface area contributed by atoms with E-state index in [1.165, 1.54) is 7.11 Å². The van der Waals surface area contributed by atoms with Crippen molar-refractivity contribution in [1.82, 2.24) is 0 Å². The lowest BCUT2D eigenvalue weighted by molar-refractivity contribution is 0.0143. The van der Waals surface area contributed by atoms with Crippen LogP contribution in [0.5, 0.6) is 5.75 Å². The average Bonchev–Trinajstić information content (AvgIpc) is 2.45. The molecular weight excluding hydrogens is 260 g/mol. The van der Waals surface area contributed by atoms with Gasteiger partial charge in [0, 0.05) is 0 Å². The number of hydrogen-bond donors (Lipinski definition) is 2. The van der Waals surface area contributed by atoms with Crippen LogP contribution in [-0.2, 0) is 16.1 Å². The van der Waals surface area contributed by atoms with Gasteiger partial charge in [0.2, 0.25) is 0 Å². The molecule has 0 spiro atoms. The van der Waals surface area contributed by atoms with Crippen LogP contribution in [0.2, 0.25) is 0 Å². The topological polar surface area (TPSA) is 86.3 Å². The fourth-order valence-electron chi connectivity index (χ4n) is 1.63. The van der Waals surface area contributed by atoms with E-state index in [9.17, 15) is 0 Å². The maximum atomic E-state index is 8.76. The van der Waals surface area contributed by atoms with Crippen LogP contribution in [0.4, 0.5) is 0 Å². The van der Waals surface area contributed by atoms with E-state index < -0.39 is 0 Å². The summed E-state index contributed by atoms with van der Waals surface area (Å²) in [6.07, 6.45) is 0.201. The van der Waals surface area contributed by atoms with E-state index >= 15 is 0 Å². The number of amidine groups is 1. The van der Waals surface area contributed by atoms with E-state index in [0.29, 0.717) is 31.1 Å². The van der Waals surface area contributed by atoms with Crippen molar-refractivity contribution in [1.29, 1.82) is 0 Å². The molecule has 0 aromatic heterocycles. The number of nitrogens with zero attached hydrogens (tertiary/aromatic N) is 1. The molecule has 0 radical (unpaired) electrons. The van der Waals surface area contributed by atoms with E-state index in [2.05, 4.69) is 5.16 Å². The minimum Gasteiger partial charge on any atom is -0.496 e. The number of hydrogen-bond acceptors (Lipinski definition) is 5. The molecule has 0 aliphatic heterocycles. The van der Waals surface area contributed by atoms with Crippen LogP contribution in [0.3, 0.4) is 0 Å². The Bertz CT molecular complexity index is 447. The Labute approximate surface area is 119 Å². The number of nitrogens with two attached hydrogens (primary N) is 1. The van der Waals surface area contributed by atoms with Crippen LogP contribution in [-0.4, -0.2) is 37.5 Å². The minimum atomic E-state index is 0.00633. The second-order valence-corrected chi connectivity index (χ2v) is 4.49. The van der Waals surface area contributed by atoms with Gasteiger partial charge in [-0.2, -0.15) is 0 Å². The molecule has 1 aromatic rings. The molecule has 0 saturated heterocycles. The zero-order chi connectivity index (χ0) is 15.0. The summed E-state index contributed by atoms with van der Waals surface area (Å²) in [5.41, 5.74) is 7.06. The Morgan fingerprint density at radius 1 is 1.35 bits per heavy atom. The van der Waals surface area contributed by atoms with Crippen molar-refractivity contribution in [3.63, 3.8) is 0 Å². The van der Waals surface area contributed by atoms with Crippen LogP contribution < -0.4 is 10.5 Å². The number of ether oxygens (including phenoxy) is 3. The molecule has 6 heteroatoms. The second-order valence-electron chi connectivity index (χ2n) is 4.49. The lowest BCUT2D eigenvalue weighted by Crippen LogP contribution is -2.15. The molecular formula is C14H22N2O4. The van der Waals surface area contributed by atoms with E-state index in [1.807, 2.05) is 19.9 Å². The molecule has 0 bridgehead atoms. The van der Waals surface area contributed by atoms with Gasteiger partial charge in [-0.25, -0.2) is 0 Å². The zero-order valence-corrected chi connectivity index (χ0v) is 12.1. The first kappa shape index (κ1) is 16.3. The molecule has 3 N–H and O–H groups in total. The third-order valence-electron chi connectivity index (χ3n) is 2.60. The van der Waals surface area contributed by atoms with Gasteiger partial charge in [-0.3, -0.25) is 0 Å². The molecule has 0 unspecified atom stereocenters. The first-order valence-electron chi connectivity index (χ1n) is 6.42. The number of methoxy groups -OCH3 is 1. The highest BCUT2D eigenvalue weighted by Gasteiger charge is 2.09. The van der Waals surface area contributed by atoms with Crippen LogP contribution >= 0.6 is 0 Å². The maximum Gasteiger partial charge on any atom is 0.173 e. The summed E-state index contributed by atoms with van der Waals surface area (Å²) in [5, 5.41) is 11.7. The average molecular weight is 282 g/mol. The summed E-state index contributed by atoms with van der Waals surface area (Å²) < 4.78 is 16.0. The first-order chi connectivity index (χ1) is 9.58. The fourth-order valence-corrected chi connectivity index (χ4v) is 1.63. The third-order valence-corrected chi connectivity index (χ3v) is 2.60. The number of oxime groups is 1. The van der Waals surface area contributed by atoms with Crippen LogP contribution in [0, 0.1) is 0 Å². The van der Waals surface area contributed by atoms with Gasteiger partial charge in [0.1, 0.15) is 5.75 Å². The van der Waals surface area contributed by atoms with E-state index in [-0.39, 0.29) is 11.9 Å². The third kappa shape index (κ3) is 5.07. The van der Waals surface area contributed by atoms with Crippen molar-refractivity contribution in [2.75, 3.05) is 20.3 Å². The van der Waals surface area contributed by atoms with Gasteiger partial charge >= 0.3 is 0 Å². The van der Waals surface area contributed by atoms with Crippen molar-refractivity contribution < 1.29 is 19.4 Å². The predicted molar refractivity (Wildman–Crippen MR) is 76.2 cm³/mol. The Hall–Kier alpha value is -1.79. The molecule has 1 aromatic carbocycles. The first-order valence-corrected chi connectivity index (χ1v) is 6.42. The standard InChI is InChI=1S/C14H22N2O4/c1-10(2)20-7-6-19-9-11-4-5-13(18-3)12(8-11)14(15)16-17/h4-5,8,10,17H,6-7,9H2,1-3H3,(H2,15,16). The molecule has 0 aliphatic carbocycles. The van der Waals surface area contributed by atoms with Crippen molar-refractivity contribution in [3.05, 3.63) is 29.3 Å². The molecule has 0 aliphatic rings. The molecule has 20 heavy (non-hydrogen) atoms. The highest BCUT2D eigenvalue weighted by atomic mass is 16.5. The Kier molecular flexibility index (Phi) is 6.83. The predicted octanol–water partition coefficient (Wildman–Crippen LogP) is 1.73. The molecule has 0 atom stereocenters. The monoisotopic (exact) mass is 282 g/mol. The molecule has 1 rings (SSSR count). The van der Waals surface area contributed by atoms with Crippen molar-refractivity contribution in [3.8, 4) is 5.75 Å². The van der Waals surface area contributed by atoms with Crippen LogP contribution in [0.15, 0.2) is 23.4 Å². The summed E-state index contributed by atoms with van der Waals surface area (Å²) in [5.74, 6) is 0.555. The van der Waals surface area contributed by atoms with E-state index in [1.54, 1.807) is 12.1 Å². The van der Waals surface area contributed by atoms with Crippen LogP contribution in [0.25, 0.3) is 0 Å². The van der Waals surface area contributed by atoms with Crippen molar-refractivity contribution in [2.24, 2.45) is 10.9 Å². The number of benzene rings is 1. The highest BCUT2D eigenvalue weighted by molar-refractivity contribution is 5.99. The lowest BCUT2D eigenvalue weighted by Gasteiger charge is -2.11. The normalized spacial score (nSPS) is 11.9. The minimum absolute atomic E-state index is 0.00633. The summed E-state index contributed by atoms with van der Waals surface area (Å²) >= 11 is 0. The highest BCUT2D eigenvalue weighted by Crippen LogP contribution is 2.20. The van der Waals surface area contributed by atoms with Gasteiger partial charge in [0.15, 0.2) is 5.84 Å². The van der Waals surface area contributed by atoms with Gasteiger partial charge in [-0.1, -0.05) is 11.2 Å². The van der Waals surface area contributed by atoms with Crippen molar-refractivity contribution >= 4 is 5.84 Å². The summed E-state index contributed by atoms with van der Waals surface area (Å²) in [7, 11) is 1.53. The van der Waals surface area contributed by atoms with Crippen LogP contribution in [0.1, 0.15) is 25.0 Å². The lowest BCUT2D eigenvalue weighted by atomic mass is 10.1. The summed E-state index contributed by atoms with van der Waals surface area (Å²) in [4.78, 5) is 0. The fraction of sp³-hybridized carbons (Fsp3) is 0.500. The van der Waals surface area contributed by atoms with Gasteiger partial charge in [0.25, 0.3) is 0 Å². The van der Waals surface area contributed by atoms with Gasteiger partial charge < -0.3 is 25.2 Å². The van der Waals surface area contributed by atoms with E-state index in [4.69, 9.17) is 25.2 Å². The van der Waals surface area contributed by atoms with E-state index in [0.717, 1.165) is 5.56 Å². The quantitative estimate of drug-likeness (QED) is 0.249. The summed E-state index contributed by atoms with van der Waals surface area (Å²) in [6.45, 7) is 5.46. The van der Waals surface area contributed by atoms with Gasteiger partial charge in [-0.05, 0) is 31.5 Å². The Morgan fingerprint density at radius 3 is 2.70 bits per heavy atom. The summed E-state index contributed by atoms with van der Waals surface area (Å²) in [6, 6.07) is 5.41. The molecule has 0 heterocycles. The van der Waals surface area contributed by atoms with Crippen molar-refractivity contribution in [2.45, 2.75) is 26.6 Å². The number of rotatable bonds is 8. The second kappa shape index (κ2) is 8.39. The smallest absolute Gasteiger partial charge is 0.173 e. The SMILES string of the molecule is COc1ccc(COCCOC(C)C)cc1C(N)=NO. The molecule has 112 valence electrons. The zero-order valence-electron chi connectivity index (χ0n) is 12.1. The van der Waals surface area contributed by atoms with Gasteiger partial charge in [-0.15, -0.1) is 0 Å². The maximum absolute atomic E-state index is 8.76. The molecule has 6 nitrogen and oxygen atoms in total. The molecule has 0 fully saturated rings. The largest absolute Gasteiger partial charge is 0.496 e. The Morgan fingerprint density at radius 2 is 2.10 bits per heavy atom. The molecule has 0 saturated carbocycles. The Balaban J connectivity index is 2.59. The van der Waals surface area contributed by atoms with Gasteiger partial charge in [0.05, 0.1) is 38.6 Å². The molecule has 0 amide bonds.